The molecule has 340 valence electrons. The van der Waals surface area contributed by atoms with Gasteiger partial charge in [0.15, 0.2) is 0 Å². The van der Waals surface area contributed by atoms with Crippen molar-refractivity contribution in [2.45, 2.75) is 133 Å². The lowest BCUT2D eigenvalue weighted by molar-refractivity contribution is -0.157. The van der Waals surface area contributed by atoms with Crippen LogP contribution in [0.3, 0.4) is 0 Å². The Balaban J connectivity index is 1.30. The number of pyridine rings is 1. The Hall–Kier alpha value is -4.58. The van der Waals surface area contributed by atoms with E-state index in [0.717, 1.165) is 24.9 Å². The van der Waals surface area contributed by atoms with Gasteiger partial charge in [-0.2, -0.15) is 0 Å². The zero-order chi connectivity index (χ0) is 45.0. The number of morpholine rings is 1. The highest BCUT2D eigenvalue weighted by molar-refractivity contribution is 7.91. The number of carboxylic acid groups (broad SMARTS) is 1. The Kier molecular flexibility index (Phi) is 12.3. The molecule has 15 nitrogen and oxygen atoms in total. The van der Waals surface area contributed by atoms with Crippen molar-refractivity contribution in [2.75, 3.05) is 37.7 Å². The Morgan fingerprint density at radius 3 is 2.42 bits per heavy atom. The van der Waals surface area contributed by atoms with Gasteiger partial charge in [0.25, 0.3) is 11.8 Å². The van der Waals surface area contributed by atoms with E-state index in [1.165, 1.54) is 4.90 Å². The largest absolute Gasteiger partial charge is 0.472 e. The summed E-state index contributed by atoms with van der Waals surface area (Å²) in [6.45, 7) is 10.3. The number of nitrogens with zero attached hydrogens (tertiary/aromatic N) is 4. The first kappa shape index (κ1) is 45.4. The SMILES string of the molecule is CC[C@@H]1C[C@@H](C)CCC=C[C@@H]2C[C@@]2(C(=O)NS(=O)(=O)C2(C)CC2)NC(=O)[C@@H]2C[C@@H](Oc3ncc(N4CCOCC4)c4ccccc34)CN2C(=O)[C@H]1N(C(=O)O)C(C)(C)C(C)(F)F. The monoisotopic (exact) mass is 886 g/mol. The van der Waals surface area contributed by atoms with Crippen molar-refractivity contribution in [3.63, 3.8) is 0 Å². The summed E-state index contributed by atoms with van der Waals surface area (Å²) < 4.78 is 70.9. The number of benzene rings is 1. The van der Waals surface area contributed by atoms with Gasteiger partial charge < -0.3 is 29.7 Å². The van der Waals surface area contributed by atoms with E-state index in [1.54, 1.807) is 26.1 Å². The number of amides is 4. The summed E-state index contributed by atoms with van der Waals surface area (Å²) in [4.78, 5) is 66.2. The Morgan fingerprint density at radius 2 is 1.79 bits per heavy atom. The van der Waals surface area contributed by atoms with Crippen molar-refractivity contribution in [2.24, 2.45) is 17.8 Å². The summed E-state index contributed by atoms with van der Waals surface area (Å²) >= 11 is 0. The van der Waals surface area contributed by atoms with E-state index < -0.39 is 85.6 Å². The van der Waals surface area contributed by atoms with Crippen LogP contribution in [-0.2, 0) is 29.1 Å². The summed E-state index contributed by atoms with van der Waals surface area (Å²) in [6, 6.07) is 4.52. The van der Waals surface area contributed by atoms with Crippen LogP contribution in [0.4, 0.5) is 19.3 Å². The number of nitrogens with one attached hydrogen (secondary N) is 2. The summed E-state index contributed by atoms with van der Waals surface area (Å²) in [5.41, 5.74) is -3.15. The van der Waals surface area contributed by atoms with Crippen LogP contribution in [0.2, 0.25) is 0 Å². The molecule has 62 heavy (non-hydrogen) atoms. The number of anilines is 1. The minimum Gasteiger partial charge on any atom is -0.472 e. The van der Waals surface area contributed by atoms with Crippen molar-refractivity contribution in [1.82, 2.24) is 24.8 Å². The smallest absolute Gasteiger partial charge is 0.408 e. The highest BCUT2D eigenvalue weighted by atomic mass is 32.2. The van der Waals surface area contributed by atoms with E-state index in [1.807, 2.05) is 37.3 Å². The zero-order valence-corrected chi connectivity index (χ0v) is 37.2. The number of aromatic nitrogens is 1. The number of rotatable bonds is 10. The van der Waals surface area contributed by atoms with Crippen LogP contribution in [0.15, 0.2) is 42.6 Å². The number of carbonyl (C=O) groups excluding carboxylic acids is 3. The van der Waals surface area contributed by atoms with E-state index in [9.17, 15) is 27.9 Å². The number of ether oxygens (including phenoxy) is 2. The Morgan fingerprint density at radius 1 is 1.11 bits per heavy atom. The summed E-state index contributed by atoms with van der Waals surface area (Å²) in [5.74, 6) is -7.27. The molecule has 3 N–H and O–H groups in total. The van der Waals surface area contributed by atoms with Gasteiger partial charge in [0.05, 0.1) is 36.4 Å². The first-order valence-corrected chi connectivity index (χ1v) is 23.3. The van der Waals surface area contributed by atoms with Gasteiger partial charge in [-0.15, -0.1) is 0 Å². The molecule has 2 saturated heterocycles. The minimum atomic E-state index is -4.09. The second-order valence-electron chi connectivity index (χ2n) is 18.8. The molecule has 4 fully saturated rings. The molecule has 2 aromatic rings. The number of fused-ring (bicyclic) bond motifs is 3. The molecule has 4 heterocycles. The molecule has 7 atom stereocenters. The normalized spacial score (nSPS) is 29.4. The van der Waals surface area contributed by atoms with Crippen LogP contribution in [0.1, 0.15) is 92.9 Å². The molecule has 18 heteroatoms. The van der Waals surface area contributed by atoms with Gasteiger partial charge in [-0.3, -0.25) is 24.0 Å². The summed E-state index contributed by atoms with van der Waals surface area (Å²) in [5, 5.41) is 15.1. The van der Waals surface area contributed by atoms with Crippen molar-refractivity contribution in [3.8, 4) is 5.88 Å². The molecule has 0 bridgehead atoms. The topological polar surface area (TPSA) is 188 Å². The van der Waals surface area contributed by atoms with Crippen molar-refractivity contribution < 1.29 is 51.0 Å². The van der Waals surface area contributed by atoms with Gasteiger partial charge in [0.2, 0.25) is 27.7 Å². The van der Waals surface area contributed by atoms with Gasteiger partial charge >= 0.3 is 6.09 Å². The highest BCUT2D eigenvalue weighted by Gasteiger charge is 2.63. The van der Waals surface area contributed by atoms with Crippen molar-refractivity contribution in [1.29, 1.82) is 0 Å². The van der Waals surface area contributed by atoms with E-state index in [0.29, 0.717) is 75.6 Å². The van der Waals surface area contributed by atoms with Crippen molar-refractivity contribution >= 4 is 50.3 Å². The third-order valence-corrected chi connectivity index (χ3v) is 16.3. The first-order valence-electron chi connectivity index (χ1n) is 21.8. The van der Waals surface area contributed by atoms with Gasteiger partial charge in [-0.25, -0.2) is 27.0 Å². The molecule has 0 spiro atoms. The molecule has 5 aliphatic rings. The highest BCUT2D eigenvalue weighted by Crippen LogP contribution is 2.48. The summed E-state index contributed by atoms with van der Waals surface area (Å²) in [6.07, 6.45) is 5.20. The molecule has 0 unspecified atom stereocenters. The molecule has 3 aliphatic heterocycles. The molecule has 2 saturated carbocycles. The van der Waals surface area contributed by atoms with Crippen LogP contribution in [0.5, 0.6) is 5.88 Å². The minimum absolute atomic E-state index is 0.0902. The molecule has 7 rings (SSSR count). The van der Waals surface area contributed by atoms with Gasteiger partial charge in [-0.1, -0.05) is 50.6 Å². The van der Waals surface area contributed by atoms with Crippen LogP contribution < -0.4 is 19.7 Å². The molecule has 2 aliphatic carbocycles. The lowest BCUT2D eigenvalue weighted by atomic mass is 9.81. The number of halogens is 2. The number of hydrogen-bond acceptors (Lipinski definition) is 10. The maximum absolute atomic E-state index is 15.5. The standard InChI is InChI=1S/C44H60F2N6O9S/c1-7-28-22-27(2)12-8-9-13-29-24-44(29,39(55)49-62(58,59)42(5)16-17-42)48-36(53)33-23-30(26-51(33)38(54)35(28)52(40(56)57)41(3,4)43(6,45)46)61-37-32-15-11-10-14-31(32)34(25-47-37)50-18-20-60-21-19-50/h9-11,13-15,25,27-30,33,35H,7-8,12,16-24,26H2,1-6H3,(H,48,53)(H,49,55)(H,56,57)/t27-,28+,29+,30+,33-,35-,44+/m0/s1. The van der Waals surface area contributed by atoms with E-state index in [2.05, 4.69) is 14.9 Å². The van der Waals surface area contributed by atoms with Crippen LogP contribution >= 0.6 is 0 Å². The Bertz CT molecular complexity index is 2210. The van der Waals surface area contributed by atoms with Crippen LogP contribution in [0, 0.1) is 17.8 Å². The van der Waals surface area contributed by atoms with Gasteiger partial charge in [0.1, 0.15) is 29.3 Å². The molecular weight excluding hydrogens is 827 g/mol. The average molecular weight is 887 g/mol. The fraction of sp³-hybridized carbons (Fsp3) is 0.659. The molecule has 4 amide bonds. The third kappa shape index (κ3) is 8.57. The number of allylic oxidation sites excluding steroid dienone is 1. The molecule has 0 radical (unpaired) electrons. The lowest BCUT2D eigenvalue weighted by Crippen LogP contribution is -2.67. The molecular formula is C44H60F2N6O9S. The predicted octanol–water partition coefficient (Wildman–Crippen LogP) is 5.48. The fourth-order valence-corrected chi connectivity index (χ4v) is 10.6. The second kappa shape index (κ2) is 16.8. The van der Waals surface area contributed by atoms with E-state index >= 15 is 13.6 Å². The van der Waals surface area contributed by atoms with Gasteiger partial charge in [0, 0.05) is 43.1 Å². The maximum atomic E-state index is 15.5. The average Bonchev–Trinajstić information content (AvgIpc) is 4.10. The van der Waals surface area contributed by atoms with Crippen LogP contribution in [-0.4, -0.2) is 125 Å². The quantitative estimate of drug-likeness (QED) is 0.257. The molecule has 1 aromatic carbocycles. The molecule has 1 aromatic heterocycles. The Labute approximate surface area is 362 Å². The third-order valence-electron chi connectivity index (χ3n) is 14.1. The summed E-state index contributed by atoms with van der Waals surface area (Å²) in [7, 11) is -4.09. The predicted molar refractivity (Wildman–Crippen MR) is 227 cm³/mol. The fourth-order valence-electron chi connectivity index (χ4n) is 9.31. The lowest BCUT2D eigenvalue weighted by Gasteiger charge is -2.47. The number of alkyl halides is 2. The number of sulfonamides is 1. The number of hydrogen-bond donors (Lipinski definition) is 3. The zero-order valence-electron chi connectivity index (χ0n) is 36.4. The van der Waals surface area contributed by atoms with Crippen LogP contribution in [0.25, 0.3) is 10.8 Å². The van der Waals surface area contributed by atoms with E-state index in [4.69, 9.17) is 14.5 Å². The first-order chi connectivity index (χ1) is 29.1. The van der Waals surface area contributed by atoms with Gasteiger partial charge in [-0.05, 0) is 77.2 Å². The van der Waals surface area contributed by atoms with Crippen molar-refractivity contribution in [3.05, 3.63) is 42.6 Å². The van der Waals surface area contributed by atoms with E-state index in [-0.39, 0.29) is 37.6 Å². The number of carbonyl (C=O) groups is 4. The maximum Gasteiger partial charge on any atom is 0.408 e. The second-order valence-corrected chi connectivity index (χ2v) is 21.0.